The van der Waals surface area contributed by atoms with Crippen molar-refractivity contribution in [2.75, 3.05) is 26.3 Å². The maximum atomic E-state index is 12.6. The van der Waals surface area contributed by atoms with E-state index in [1.165, 1.54) is 0 Å². The van der Waals surface area contributed by atoms with Crippen LogP contribution in [0.5, 0.6) is 11.5 Å². The maximum absolute atomic E-state index is 12.6. The Kier molecular flexibility index (Phi) is 8.74. The number of para-hydroxylation sites is 1. The van der Waals surface area contributed by atoms with Gasteiger partial charge in [-0.05, 0) is 19.9 Å². The molecule has 0 spiro atoms. The Morgan fingerprint density at radius 3 is 2.70 bits per heavy atom. The molecule has 1 aromatic carbocycles. The molecule has 6 nitrogen and oxygen atoms in total. The number of nitrogens with zero attached hydrogens (tertiary/aromatic N) is 1. The lowest BCUT2D eigenvalue weighted by Crippen LogP contribution is -2.38. The first-order valence-electron chi connectivity index (χ1n) is 7.44. The first kappa shape index (κ1) is 19.0. The molecule has 130 valence electrons. The normalized spacial score (nSPS) is 11.5. The number of alkyl halides is 2. The van der Waals surface area contributed by atoms with Crippen LogP contribution in [0, 0.1) is 0 Å². The van der Waals surface area contributed by atoms with Crippen molar-refractivity contribution in [2.24, 2.45) is 4.99 Å². The molecular formula is C15H23F2N3O3. The Hall–Kier alpha value is -2.09. The molecule has 0 aromatic heterocycles. The van der Waals surface area contributed by atoms with Crippen LogP contribution in [0.3, 0.4) is 0 Å². The van der Waals surface area contributed by atoms with Gasteiger partial charge in [0.25, 0.3) is 0 Å². The van der Waals surface area contributed by atoms with Gasteiger partial charge in [-0.25, -0.2) is 4.99 Å². The van der Waals surface area contributed by atoms with Crippen molar-refractivity contribution in [3.05, 3.63) is 23.8 Å². The Labute approximate surface area is 134 Å². The van der Waals surface area contributed by atoms with Crippen LogP contribution in [0.15, 0.2) is 23.2 Å². The summed E-state index contributed by atoms with van der Waals surface area (Å²) in [5.41, 5.74) is 0.484. The number of hydrogen-bond donors (Lipinski definition) is 3. The molecular weight excluding hydrogens is 308 g/mol. The lowest BCUT2D eigenvalue weighted by molar-refractivity contribution is -0.0520. The van der Waals surface area contributed by atoms with Crippen molar-refractivity contribution in [3.63, 3.8) is 0 Å². The monoisotopic (exact) mass is 331 g/mol. The number of aliphatic imine (C=N–C) groups is 1. The fourth-order valence-electron chi connectivity index (χ4n) is 1.86. The predicted molar refractivity (Wildman–Crippen MR) is 84.1 cm³/mol. The molecule has 0 fully saturated rings. The van der Waals surface area contributed by atoms with Crippen molar-refractivity contribution < 1.29 is 23.4 Å². The summed E-state index contributed by atoms with van der Waals surface area (Å²) in [5.74, 6) is 0.728. The summed E-state index contributed by atoms with van der Waals surface area (Å²) in [7, 11) is 0. The highest BCUT2D eigenvalue weighted by atomic mass is 19.3. The van der Waals surface area contributed by atoms with Crippen molar-refractivity contribution in [2.45, 2.75) is 27.0 Å². The molecule has 0 amide bonds. The summed E-state index contributed by atoms with van der Waals surface area (Å²) >= 11 is 0. The van der Waals surface area contributed by atoms with Crippen LogP contribution in [0.2, 0.25) is 0 Å². The minimum atomic E-state index is -2.94. The third kappa shape index (κ3) is 6.68. The number of rotatable bonds is 9. The van der Waals surface area contributed by atoms with E-state index >= 15 is 0 Å². The average Bonchev–Trinajstić information content (AvgIpc) is 2.52. The minimum Gasteiger partial charge on any atom is -0.490 e. The largest absolute Gasteiger partial charge is 0.490 e. The second-order valence-electron chi connectivity index (χ2n) is 4.40. The number of halogens is 2. The third-order valence-corrected chi connectivity index (χ3v) is 2.72. The molecule has 3 N–H and O–H groups in total. The molecule has 0 atom stereocenters. The van der Waals surface area contributed by atoms with Crippen LogP contribution in [0.1, 0.15) is 19.4 Å². The SMILES string of the molecule is CCNC(=NCc1cccc(OCC)c1OC(F)F)NCCO. The van der Waals surface area contributed by atoms with Crippen molar-refractivity contribution in [1.82, 2.24) is 10.6 Å². The van der Waals surface area contributed by atoms with Crippen LogP contribution in [-0.2, 0) is 6.54 Å². The number of aliphatic hydroxyl groups is 1. The predicted octanol–water partition coefficient (Wildman–Crippen LogP) is 1.73. The Morgan fingerprint density at radius 1 is 1.30 bits per heavy atom. The molecule has 1 rings (SSSR count). The Balaban J connectivity index is 2.97. The third-order valence-electron chi connectivity index (χ3n) is 2.72. The molecule has 0 aliphatic rings. The van der Waals surface area contributed by atoms with Crippen LogP contribution >= 0.6 is 0 Å². The van der Waals surface area contributed by atoms with Gasteiger partial charge in [0.2, 0.25) is 0 Å². The van der Waals surface area contributed by atoms with E-state index in [1.807, 2.05) is 6.92 Å². The van der Waals surface area contributed by atoms with Crippen molar-refractivity contribution in [3.8, 4) is 11.5 Å². The molecule has 0 saturated carbocycles. The zero-order chi connectivity index (χ0) is 17.1. The lowest BCUT2D eigenvalue weighted by atomic mass is 10.2. The number of guanidine groups is 1. The highest BCUT2D eigenvalue weighted by Gasteiger charge is 2.15. The Bertz CT molecular complexity index is 499. The van der Waals surface area contributed by atoms with Gasteiger partial charge >= 0.3 is 6.61 Å². The Morgan fingerprint density at radius 2 is 2.09 bits per heavy atom. The van der Waals surface area contributed by atoms with E-state index in [0.717, 1.165) is 0 Å². The average molecular weight is 331 g/mol. The van der Waals surface area contributed by atoms with Crippen molar-refractivity contribution >= 4 is 5.96 Å². The van der Waals surface area contributed by atoms with Gasteiger partial charge in [-0.3, -0.25) is 0 Å². The summed E-state index contributed by atoms with van der Waals surface area (Å²) in [6.45, 7) is 2.12. The first-order valence-corrected chi connectivity index (χ1v) is 7.44. The maximum Gasteiger partial charge on any atom is 0.387 e. The molecule has 0 unspecified atom stereocenters. The molecule has 23 heavy (non-hydrogen) atoms. The summed E-state index contributed by atoms with van der Waals surface area (Å²) in [6.07, 6.45) is 0. The number of aliphatic hydroxyl groups excluding tert-OH is 1. The smallest absolute Gasteiger partial charge is 0.387 e. The molecule has 8 heteroatoms. The van der Waals surface area contributed by atoms with Gasteiger partial charge in [-0.15, -0.1) is 0 Å². The first-order chi connectivity index (χ1) is 11.1. The van der Waals surface area contributed by atoms with Crippen LogP contribution < -0.4 is 20.1 Å². The molecule has 1 aromatic rings. The number of ether oxygens (including phenoxy) is 2. The van der Waals surface area contributed by atoms with Gasteiger partial charge in [0.1, 0.15) is 0 Å². The quantitative estimate of drug-likeness (QED) is 0.475. The van der Waals surface area contributed by atoms with Gasteiger partial charge in [-0.1, -0.05) is 12.1 Å². The highest BCUT2D eigenvalue weighted by Crippen LogP contribution is 2.33. The van der Waals surface area contributed by atoms with Crippen LogP contribution in [-0.4, -0.2) is 44.0 Å². The van der Waals surface area contributed by atoms with Gasteiger partial charge in [0, 0.05) is 18.7 Å². The minimum absolute atomic E-state index is 0.00823. The molecule has 0 radical (unpaired) electrons. The van der Waals surface area contributed by atoms with Crippen molar-refractivity contribution in [1.29, 1.82) is 0 Å². The second kappa shape index (κ2) is 10.6. The van der Waals surface area contributed by atoms with E-state index in [4.69, 9.17) is 9.84 Å². The van der Waals surface area contributed by atoms with E-state index in [-0.39, 0.29) is 24.7 Å². The van der Waals surface area contributed by atoms with E-state index in [0.29, 0.717) is 31.2 Å². The highest BCUT2D eigenvalue weighted by molar-refractivity contribution is 5.79. The molecule has 0 aliphatic carbocycles. The summed E-state index contributed by atoms with van der Waals surface area (Å²) in [4.78, 5) is 4.29. The molecule has 0 heterocycles. The summed E-state index contributed by atoms with van der Waals surface area (Å²) in [5, 5.41) is 14.7. The molecule has 0 bridgehead atoms. The number of nitrogens with one attached hydrogen (secondary N) is 2. The second-order valence-corrected chi connectivity index (χ2v) is 4.40. The number of benzene rings is 1. The fraction of sp³-hybridized carbons (Fsp3) is 0.533. The van der Waals surface area contributed by atoms with E-state index < -0.39 is 6.61 Å². The van der Waals surface area contributed by atoms with Crippen LogP contribution in [0.4, 0.5) is 8.78 Å². The van der Waals surface area contributed by atoms with Gasteiger partial charge in [0.15, 0.2) is 17.5 Å². The topological polar surface area (TPSA) is 75.1 Å². The zero-order valence-corrected chi connectivity index (χ0v) is 13.3. The van der Waals surface area contributed by atoms with E-state index in [1.54, 1.807) is 25.1 Å². The van der Waals surface area contributed by atoms with Gasteiger partial charge < -0.3 is 25.2 Å². The zero-order valence-electron chi connectivity index (χ0n) is 13.3. The standard InChI is InChI=1S/C15H23F2N3O3/c1-3-18-15(19-8-9-21)20-10-11-6-5-7-12(22-4-2)13(11)23-14(16)17/h5-7,14,21H,3-4,8-10H2,1-2H3,(H2,18,19,20). The molecule has 0 saturated heterocycles. The van der Waals surface area contributed by atoms with Crippen LogP contribution in [0.25, 0.3) is 0 Å². The lowest BCUT2D eigenvalue weighted by Gasteiger charge is -2.15. The number of hydrogen-bond acceptors (Lipinski definition) is 4. The summed E-state index contributed by atoms with van der Waals surface area (Å²) < 4.78 is 35.2. The van der Waals surface area contributed by atoms with E-state index in [2.05, 4.69) is 20.4 Å². The van der Waals surface area contributed by atoms with Gasteiger partial charge in [0.05, 0.1) is 19.8 Å². The van der Waals surface area contributed by atoms with Gasteiger partial charge in [-0.2, -0.15) is 8.78 Å². The fourth-order valence-corrected chi connectivity index (χ4v) is 1.86. The van der Waals surface area contributed by atoms with E-state index in [9.17, 15) is 8.78 Å². The summed E-state index contributed by atoms with van der Waals surface area (Å²) in [6, 6.07) is 4.92. The molecule has 0 aliphatic heterocycles.